The van der Waals surface area contributed by atoms with Crippen LogP contribution in [0.5, 0.6) is 5.75 Å². The number of pyridine rings is 1. The van der Waals surface area contributed by atoms with Gasteiger partial charge in [-0.1, -0.05) is 17.7 Å². The van der Waals surface area contributed by atoms with E-state index in [9.17, 15) is 9.59 Å². The smallest absolute Gasteiger partial charge is 0.232 e. The number of halogens is 1. The Balaban J connectivity index is 1.91. The summed E-state index contributed by atoms with van der Waals surface area (Å²) < 4.78 is 5.50. The van der Waals surface area contributed by atoms with E-state index in [1.807, 2.05) is 31.2 Å². The molecule has 6 heteroatoms. The lowest BCUT2D eigenvalue weighted by molar-refractivity contribution is -0.120. The van der Waals surface area contributed by atoms with Crippen LogP contribution in [-0.2, 0) is 9.59 Å². The van der Waals surface area contributed by atoms with Gasteiger partial charge in [0.05, 0.1) is 12.8 Å². The van der Waals surface area contributed by atoms with Gasteiger partial charge in [-0.25, -0.2) is 0 Å². The molecule has 28 heavy (non-hydrogen) atoms. The molecule has 1 aromatic carbocycles. The zero-order valence-corrected chi connectivity index (χ0v) is 16.6. The minimum atomic E-state index is -0.299. The molecule has 0 fully saturated rings. The highest BCUT2D eigenvalue weighted by atomic mass is 35.5. The van der Waals surface area contributed by atoms with Crippen molar-refractivity contribution < 1.29 is 14.3 Å². The fourth-order valence-corrected chi connectivity index (χ4v) is 4.25. The number of hydrogen-bond acceptors (Lipinski definition) is 4. The first-order valence-corrected chi connectivity index (χ1v) is 9.73. The molecule has 4 rings (SSSR count). The van der Waals surface area contributed by atoms with E-state index in [0.29, 0.717) is 34.9 Å². The lowest BCUT2D eigenvalue weighted by Gasteiger charge is -2.38. The normalized spacial score (nSPS) is 19.7. The van der Waals surface area contributed by atoms with Gasteiger partial charge in [0.2, 0.25) is 5.91 Å². The van der Waals surface area contributed by atoms with E-state index < -0.39 is 0 Å². The molecule has 2 aliphatic rings. The van der Waals surface area contributed by atoms with Gasteiger partial charge in [0.15, 0.2) is 5.78 Å². The summed E-state index contributed by atoms with van der Waals surface area (Å²) in [5, 5.41) is 0.574. The first kappa shape index (κ1) is 18.7. The third-order valence-corrected chi connectivity index (χ3v) is 5.83. The number of benzene rings is 1. The summed E-state index contributed by atoms with van der Waals surface area (Å²) >= 11 is 6.25. The first-order valence-electron chi connectivity index (χ1n) is 9.35. The number of Topliss-reactive ketones (excluding diaryl/α,β-unsaturated/α-hetero) is 1. The lowest BCUT2D eigenvalue weighted by Crippen LogP contribution is -2.41. The maximum Gasteiger partial charge on any atom is 0.232 e. The van der Waals surface area contributed by atoms with E-state index >= 15 is 0 Å². The van der Waals surface area contributed by atoms with Gasteiger partial charge < -0.3 is 4.74 Å². The van der Waals surface area contributed by atoms with Crippen LogP contribution in [-0.4, -0.2) is 23.8 Å². The predicted molar refractivity (Wildman–Crippen MR) is 108 cm³/mol. The number of hydrogen-bond donors (Lipinski definition) is 0. The number of ketones is 1. The summed E-state index contributed by atoms with van der Waals surface area (Å²) in [4.78, 5) is 32.2. The zero-order valence-electron chi connectivity index (χ0n) is 15.9. The Morgan fingerprint density at radius 3 is 2.75 bits per heavy atom. The van der Waals surface area contributed by atoms with Gasteiger partial charge in [0.1, 0.15) is 5.75 Å². The summed E-state index contributed by atoms with van der Waals surface area (Å²) in [6.07, 6.45) is 3.80. The van der Waals surface area contributed by atoms with Crippen LogP contribution in [0.4, 0.5) is 5.69 Å². The topological polar surface area (TPSA) is 59.5 Å². The molecule has 0 N–H and O–H groups in total. The molecular weight excluding hydrogens is 376 g/mol. The quantitative estimate of drug-likeness (QED) is 0.761. The number of nitrogens with zero attached hydrogens (tertiary/aromatic N) is 2. The fourth-order valence-electron chi connectivity index (χ4n) is 4.09. The van der Waals surface area contributed by atoms with Crippen LogP contribution in [0.15, 0.2) is 47.8 Å². The van der Waals surface area contributed by atoms with Crippen LogP contribution in [0.3, 0.4) is 0 Å². The van der Waals surface area contributed by atoms with Crippen molar-refractivity contribution in [3.05, 3.63) is 64.1 Å². The average Bonchev–Trinajstić information content (AvgIpc) is 2.70. The van der Waals surface area contributed by atoms with Gasteiger partial charge >= 0.3 is 0 Å². The maximum atomic E-state index is 13.3. The Kier molecular flexibility index (Phi) is 4.94. The second-order valence-electron chi connectivity index (χ2n) is 7.15. The van der Waals surface area contributed by atoms with Gasteiger partial charge in [-0.15, -0.1) is 0 Å². The number of carbonyl (C=O) groups is 2. The number of allylic oxidation sites excluding steroid dienone is 2. The number of aryl methyl sites for hydroxylation is 1. The summed E-state index contributed by atoms with van der Waals surface area (Å²) in [6.45, 7) is 1.89. The molecule has 0 saturated heterocycles. The third-order valence-electron chi connectivity index (χ3n) is 5.42. The molecule has 1 aliphatic heterocycles. The minimum Gasteiger partial charge on any atom is -0.495 e. The van der Waals surface area contributed by atoms with Gasteiger partial charge in [0, 0.05) is 53.0 Å². The Hall–Kier alpha value is -2.66. The monoisotopic (exact) mass is 396 g/mol. The number of carbonyl (C=O) groups excluding carboxylic acids is 2. The summed E-state index contributed by atoms with van der Waals surface area (Å²) in [6, 6.07) is 9.17. The zero-order chi connectivity index (χ0) is 19.8. The third kappa shape index (κ3) is 3.10. The lowest BCUT2D eigenvalue weighted by atomic mass is 9.78. The highest BCUT2D eigenvalue weighted by molar-refractivity contribution is 6.31. The molecule has 1 amide bonds. The van der Waals surface area contributed by atoms with Crippen molar-refractivity contribution in [2.24, 2.45) is 0 Å². The van der Waals surface area contributed by atoms with Gasteiger partial charge in [-0.2, -0.15) is 0 Å². The Morgan fingerprint density at radius 2 is 2.04 bits per heavy atom. The molecule has 1 aromatic heterocycles. The van der Waals surface area contributed by atoms with Crippen molar-refractivity contribution in [2.45, 2.75) is 38.5 Å². The van der Waals surface area contributed by atoms with E-state index in [4.69, 9.17) is 16.3 Å². The molecule has 0 spiro atoms. The van der Waals surface area contributed by atoms with E-state index in [2.05, 4.69) is 4.98 Å². The van der Waals surface area contributed by atoms with Gasteiger partial charge in [-0.3, -0.25) is 19.5 Å². The number of methoxy groups -OCH3 is 1. The molecule has 144 valence electrons. The molecule has 1 atom stereocenters. The molecule has 0 saturated carbocycles. The maximum absolute atomic E-state index is 13.3. The number of amides is 1. The second-order valence-corrected chi connectivity index (χ2v) is 7.56. The van der Waals surface area contributed by atoms with Crippen LogP contribution in [0, 0.1) is 6.92 Å². The molecule has 0 radical (unpaired) electrons. The van der Waals surface area contributed by atoms with Gasteiger partial charge in [-0.05, 0) is 43.5 Å². The van der Waals surface area contributed by atoms with Crippen molar-refractivity contribution in [1.29, 1.82) is 0 Å². The van der Waals surface area contributed by atoms with E-state index in [0.717, 1.165) is 23.4 Å². The molecule has 0 bridgehead atoms. The molecule has 2 aromatic rings. The molecule has 5 nitrogen and oxygen atoms in total. The number of aromatic nitrogens is 1. The number of ether oxygens (including phenoxy) is 1. The van der Waals surface area contributed by atoms with Crippen molar-refractivity contribution in [3.8, 4) is 5.75 Å². The Morgan fingerprint density at radius 1 is 1.21 bits per heavy atom. The van der Waals surface area contributed by atoms with Crippen LogP contribution in [0.2, 0.25) is 5.02 Å². The van der Waals surface area contributed by atoms with E-state index in [1.54, 1.807) is 24.3 Å². The largest absolute Gasteiger partial charge is 0.495 e. The second kappa shape index (κ2) is 7.40. The SMILES string of the molecule is COc1cc(Cl)c(C)cc1N1C(=O)CC(c2ccccn2)C2=C1CCCC2=O. The molecule has 2 heterocycles. The predicted octanol–water partition coefficient (Wildman–Crippen LogP) is 4.58. The summed E-state index contributed by atoms with van der Waals surface area (Å²) in [5.74, 6) is 0.250. The van der Waals surface area contributed by atoms with Crippen LogP contribution in [0.25, 0.3) is 0 Å². The molecule has 1 unspecified atom stereocenters. The van der Waals surface area contributed by atoms with Crippen molar-refractivity contribution in [1.82, 2.24) is 4.98 Å². The van der Waals surface area contributed by atoms with Crippen molar-refractivity contribution >= 4 is 29.0 Å². The van der Waals surface area contributed by atoms with Crippen LogP contribution >= 0.6 is 11.6 Å². The van der Waals surface area contributed by atoms with Gasteiger partial charge in [0.25, 0.3) is 0 Å². The number of anilines is 1. The van der Waals surface area contributed by atoms with Crippen LogP contribution in [0.1, 0.15) is 42.9 Å². The summed E-state index contributed by atoms with van der Waals surface area (Å²) in [5.41, 5.74) is 3.72. The first-order chi connectivity index (χ1) is 13.5. The molecular formula is C22H21ClN2O3. The highest BCUT2D eigenvalue weighted by Crippen LogP contribution is 2.45. The van der Waals surface area contributed by atoms with E-state index in [-0.39, 0.29) is 24.0 Å². The minimum absolute atomic E-state index is 0.0656. The average molecular weight is 397 g/mol. The highest BCUT2D eigenvalue weighted by Gasteiger charge is 2.41. The molecule has 1 aliphatic carbocycles. The summed E-state index contributed by atoms with van der Waals surface area (Å²) in [7, 11) is 1.55. The standard InChI is InChI=1S/C22H21ClN2O3/c1-13-10-18(20(28-2)12-15(13)23)25-17-7-5-8-19(26)22(17)14(11-21(25)27)16-6-3-4-9-24-16/h3-4,6,9-10,12,14H,5,7-8,11H2,1-2H3. The van der Waals surface area contributed by atoms with Crippen LogP contribution < -0.4 is 9.64 Å². The van der Waals surface area contributed by atoms with Crippen molar-refractivity contribution in [3.63, 3.8) is 0 Å². The fraction of sp³-hybridized carbons (Fsp3) is 0.318. The van der Waals surface area contributed by atoms with Crippen molar-refractivity contribution in [2.75, 3.05) is 12.0 Å². The Labute approximate surface area is 169 Å². The Bertz CT molecular complexity index is 985. The number of rotatable bonds is 3. The van der Waals surface area contributed by atoms with E-state index in [1.165, 1.54) is 0 Å².